The van der Waals surface area contributed by atoms with Gasteiger partial charge >= 0.3 is 12.1 Å². The molecule has 182 valence electrons. The number of carbonyl (C=O) groups excluding carboxylic acids is 2. The van der Waals surface area contributed by atoms with Gasteiger partial charge in [0.15, 0.2) is 5.82 Å². The van der Waals surface area contributed by atoms with E-state index in [1.54, 1.807) is 17.5 Å². The number of rotatable bonds is 7. The number of thiophene rings is 1. The molecular formula is C21H27F3N4O4S. The number of nitrogens with one attached hydrogen (secondary N) is 1. The first-order valence-electron chi connectivity index (χ1n) is 10.1. The number of amides is 1. The van der Waals surface area contributed by atoms with Gasteiger partial charge in [-0.1, -0.05) is 19.9 Å². The molecule has 0 saturated carbocycles. The van der Waals surface area contributed by atoms with Gasteiger partial charge in [0.1, 0.15) is 12.2 Å². The molecule has 2 atom stereocenters. The summed E-state index contributed by atoms with van der Waals surface area (Å²) in [7, 11) is 0. The molecule has 2 rings (SSSR count). The van der Waals surface area contributed by atoms with Crippen LogP contribution in [0.2, 0.25) is 0 Å². The molecule has 0 spiro atoms. The van der Waals surface area contributed by atoms with Crippen LogP contribution in [0.1, 0.15) is 34.6 Å². The topological polar surface area (TPSA) is 116 Å². The molecule has 1 amide bonds. The predicted molar refractivity (Wildman–Crippen MR) is 118 cm³/mol. The highest BCUT2D eigenvalue weighted by molar-refractivity contribution is 7.13. The fourth-order valence-electron chi connectivity index (χ4n) is 2.86. The van der Waals surface area contributed by atoms with Crippen molar-refractivity contribution in [1.29, 1.82) is 0 Å². The largest absolute Gasteiger partial charge is 0.450 e. The lowest BCUT2D eigenvalue weighted by molar-refractivity contribution is -0.234. The van der Waals surface area contributed by atoms with Crippen LogP contribution in [0.5, 0.6) is 0 Å². The van der Waals surface area contributed by atoms with E-state index in [0.717, 1.165) is 10.8 Å². The first-order valence-corrected chi connectivity index (χ1v) is 11.0. The Balaban J connectivity index is 2.35. The van der Waals surface area contributed by atoms with Crippen molar-refractivity contribution in [3.8, 4) is 10.7 Å². The van der Waals surface area contributed by atoms with Gasteiger partial charge in [-0.3, -0.25) is 19.0 Å². The number of halogens is 3. The maximum Gasteiger partial charge on any atom is 0.427 e. The number of alkyl halides is 3. The third kappa shape index (κ3) is 6.56. The van der Waals surface area contributed by atoms with Gasteiger partial charge in [-0.15, -0.1) is 11.3 Å². The number of anilines is 1. The zero-order valence-electron chi connectivity index (χ0n) is 18.9. The number of aromatic nitrogens is 2. The molecule has 8 nitrogen and oxygen atoms in total. The maximum absolute atomic E-state index is 13.8. The molecule has 0 aliphatic heterocycles. The van der Waals surface area contributed by atoms with Crippen molar-refractivity contribution in [2.45, 2.75) is 59.5 Å². The second-order valence-corrected chi connectivity index (χ2v) is 9.81. The van der Waals surface area contributed by atoms with E-state index in [0.29, 0.717) is 4.88 Å². The SMILES string of the molecule is CC(C)C(NC(=O)Cn1c(-c2cccs2)ncc(N)c1=O)C(OC(=O)C(C)(C)C)C(F)(F)F. The first kappa shape index (κ1) is 26.4. The standard InChI is InChI=1S/C21H27F3N4O4S/c1-11(2)15(16(21(22,23)24)32-19(31)20(3,4)5)27-14(29)10-28-17(13-7-6-8-33-13)26-9-12(25)18(28)30/h6-9,11,15-16H,10,25H2,1-5H3,(H,27,29). The number of ether oxygens (including phenoxy) is 1. The lowest BCUT2D eigenvalue weighted by Gasteiger charge is -2.33. The Morgan fingerprint density at radius 2 is 1.91 bits per heavy atom. The van der Waals surface area contributed by atoms with Gasteiger partial charge in [-0.05, 0) is 38.1 Å². The molecule has 2 aromatic rings. The number of nitrogen functional groups attached to an aromatic ring is 1. The Hall–Kier alpha value is -2.89. The van der Waals surface area contributed by atoms with Gasteiger partial charge in [-0.25, -0.2) is 4.98 Å². The third-order valence-corrected chi connectivity index (χ3v) is 5.52. The summed E-state index contributed by atoms with van der Waals surface area (Å²) < 4.78 is 47.2. The minimum absolute atomic E-state index is 0.159. The Kier molecular flexibility index (Phi) is 7.94. The average Bonchev–Trinajstić information content (AvgIpc) is 3.20. The quantitative estimate of drug-likeness (QED) is 0.578. The Morgan fingerprint density at radius 1 is 1.27 bits per heavy atom. The number of nitrogens with zero attached hydrogens (tertiary/aromatic N) is 2. The van der Waals surface area contributed by atoms with Gasteiger partial charge in [-0.2, -0.15) is 13.2 Å². The van der Waals surface area contributed by atoms with E-state index >= 15 is 0 Å². The van der Waals surface area contributed by atoms with Gasteiger partial charge in [0.05, 0.1) is 22.5 Å². The smallest absolute Gasteiger partial charge is 0.427 e. The first-order chi connectivity index (χ1) is 15.1. The van der Waals surface area contributed by atoms with Crippen molar-refractivity contribution in [1.82, 2.24) is 14.9 Å². The molecule has 12 heteroatoms. The maximum atomic E-state index is 13.8. The second-order valence-electron chi connectivity index (χ2n) is 8.86. The van der Waals surface area contributed by atoms with E-state index in [1.165, 1.54) is 46.0 Å². The van der Waals surface area contributed by atoms with Crippen molar-refractivity contribution in [3.05, 3.63) is 34.1 Å². The number of hydrogen-bond acceptors (Lipinski definition) is 7. The highest BCUT2D eigenvalue weighted by Gasteiger charge is 2.50. The van der Waals surface area contributed by atoms with Crippen LogP contribution in [-0.2, 0) is 20.9 Å². The van der Waals surface area contributed by atoms with Crippen molar-refractivity contribution < 1.29 is 27.5 Å². The number of hydrogen-bond donors (Lipinski definition) is 2. The summed E-state index contributed by atoms with van der Waals surface area (Å²) >= 11 is 1.27. The van der Waals surface area contributed by atoms with Gasteiger partial charge in [0.2, 0.25) is 12.0 Å². The molecule has 33 heavy (non-hydrogen) atoms. The van der Waals surface area contributed by atoms with Crippen molar-refractivity contribution in [2.75, 3.05) is 5.73 Å². The molecule has 2 heterocycles. The van der Waals surface area contributed by atoms with Crippen molar-refractivity contribution in [2.24, 2.45) is 11.3 Å². The predicted octanol–water partition coefficient (Wildman–Crippen LogP) is 3.22. The lowest BCUT2D eigenvalue weighted by atomic mass is 9.95. The van der Waals surface area contributed by atoms with E-state index in [-0.39, 0.29) is 11.5 Å². The summed E-state index contributed by atoms with van der Waals surface area (Å²) in [5.74, 6) is -2.53. The number of nitrogens with two attached hydrogens (primary N) is 1. The lowest BCUT2D eigenvalue weighted by Crippen LogP contribution is -2.56. The van der Waals surface area contributed by atoms with Gasteiger partial charge < -0.3 is 15.8 Å². The van der Waals surface area contributed by atoms with Crippen LogP contribution in [0.4, 0.5) is 18.9 Å². The van der Waals surface area contributed by atoms with E-state index in [1.807, 2.05) is 0 Å². The van der Waals surface area contributed by atoms with Crippen molar-refractivity contribution >= 4 is 28.9 Å². The molecule has 2 unspecified atom stereocenters. The molecule has 0 saturated heterocycles. The Morgan fingerprint density at radius 3 is 2.39 bits per heavy atom. The van der Waals surface area contributed by atoms with Crippen LogP contribution >= 0.6 is 11.3 Å². The minimum Gasteiger partial charge on any atom is -0.450 e. The second kappa shape index (κ2) is 9.94. The normalized spacial score (nSPS) is 14.1. The monoisotopic (exact) mass is 488 g/mol. The van der Waals surface area contributed by atoms with Crippen LogP contribution in [0.3, 0.4) is 0 Å². The fraction of sp³-hybridized carbons (Fsp3) is 0.524. The molecule has 0 aliphatic carbocycles. The zero-order chi connectivity index (χ0) is 25.1. The molecule has 0 fully saturated rings. The molecule has 0 aliphatic rings. The van der Waals surface area contributed by atoms with Crippen LogP contribution < -0.4 is 16.6 Å². The zero-order valence-corrected chi connectivity index (χ0v) is 19.7. The minimum atomic E-state index is -4.93. The molecule has 0 radical (unpaired) electrons. The van der Waals surface area contributed by atoms with E-state index in [4.69, 9.17) is 10.5 Å². The molecule has 3 N–H and O–H groups in total. The van der Waals surface area contributed by atoms with Crippen LogP contribution in [0.15, 0.2) is 28.5 Å². The van der Waals surface area contributed by atoms with E-state index in [2.05, 4.69) is 10.3 Å². The Bertz CT molecular complexity index is 1040. The third-order valence-electron chi connectivity index (χ3n) is 4.66. The molecular weight excluding hydrogens is 461 g/mol. The van der Waals surface area contributed by atoms with Gasteiger partial charge in [0, 0.05) is 0 Å². The Labute approximate surface area is 193 Å². The van der Waals surface area contributed by atoms with Crippen LogP contribution in [0.25, 0.3) is 10.7 Å². The summed E-state index contributed by atoms with van der Waals surface area (Å²) in [5.41, 5.74) is 3.55. The molecule has 2 aromatic heterocycles. The summed E-state index contributed by atoms with van der Waals surface area (Å²) in [6.45, 7) is 6.58. The molecule has 0 aromatic carbocycles. The average molecular weight is 489 g/mol. The van der Waals surface area contributed by atoms with Gasteiger partial charge in [0.25, 0.3) is 5.56 Å². The highest BCUT2D eigenvalue weighted by Crippen LogP contribution is 2.31. The van der Waals surface area contributed by atoms with Crippen LogP contribution in [-0.4, -0.2) is 39.7 Å². The highest BCUT2D eigenvalue weighted by atomic mass is 32.1. The van der Waals surface area contributed by atoms with E-state index in [9.17, 15) is 27.6 Å². The summed E-state index contributed by atoms with van der Waals surface area (Å²) in [5, 5.41) is 4.03. The summed E-state index contributed by atoms with van der Waals surface area (Å²) in [6, 6.07) is 1.82. The van der Waals surface area contributed by atoms with Crippen molar-refractivity contribution in [3.63, 3.8) is 0 Å². The molecule has 0 bridgehead atoms. The number of esters is 1. The number of carbonyl (C=O) groups is 2. The summed E-state index contributed by atoms with van der Waals surface area (Å²) in [4.78, 5) is 42.2. The van der Waals surface area contributed by atoms with Crippen LogP contribution in [0, 0.1) is 11.3 Å². The van der Waals surface area contributed by atoms with E-state index < -0.39 is 53.6 Å². The fourth-order valence-corrected chi connectivity index (χ4v) is 3.59. The summed E-state index contributed by atoms with van der Waals surface area (Å²) in [6.07, 6.45) is -6.34.